The molecule has 0 radical (unpaired) electrons. The van der Waals surface area contributed by atoms with Crippen LogP contribution in [0, 0.1) is 0 Å². The molecule has 6 heteroatoms. The van der Waals surface area contributed by atoms with Crippen LogP contribution in [0.4, 0.5) is 0 Å². The van der Waals surface area contributed by atoms with Crippen LogP contribution in [0.1, 0.15) is 13.3 Å². The first-order chi connectivity index (χ1) is 8.70. The zero-order valence-corrected chi connectivity index (χ0v) is 10.9. The topological polar surface area (TPSA) is 62.5 Å². The summed E-state index contributed by atoms with van der Waals surface area (Å²) in [5.41, 5.74) is -0.573. The molecule has 1 aromatic heterocycles. The fourth-order valence-electron chi connectivity index (χ4n) is 1.57. The summed E-state index contributed by atoms with van der Waals surface area (Å²) in [6.45, 7) is 4.26. The van der Waals surface area contributed by atoms with Gasteiger partial charge in [0.25, 0.3) is 5.56 Å². The van der Waals surface area contributed by atoms with E-state index in [0.717, 1.165) is 6.42 Å². The Morgan fingerprint density at radius 1 is 1.22 bits per heavy atom. The van der Waals surface area contributed by atoms with Gasteiger partial charge in [0.15, 0.2) is 0 Å². The van der Waals surface area contributed by atoms with Crippen molar-refractivity contribution >= 4 is 0 Å². The summed E-state index contributed by atoms with van der Waals surface area (Å²) >= 11 is 0. The van der Waals surface area contributed by atoms with Crippen molar-refractivity contribution in [1.29, 1.82) is 0 Å². The van der Waals surface area contributed by atoms with Crippen LogP contribution in [-0.2, 0) is 22.6 Å². The van der Waals surface area contributed by atoms with Crippen LogP contribution in [0.5, 0.6) is 0 Å². The van der Waals surface area contributed by atoms with Gasteiger partial charge in [0.1, 0.15) is 0 Å². The Hall–Kier alpha value is -1.40. The molecule has 102 valence electrons. The molecule has 0 saturated carbocycles. The summed E-state index contributed by atoms with van der Waals surface area (Å²) in [4.78, 5) is 23.4. The van der Waals surface area contributed by atoms with Crippen molar-refractivity contribution in [3.05, 3.63) is 33.1 Å². The third kappa shape index (κ3) is 4.12. The molecule has 0 fully saturated rings. The van der Waals surface area contributed by atoms with E-state index in [2.05, 4.69) is 0 Å². The SMILES string of the molecule is CCn1ccc(=O)n(CCOCCCOC)c1=O. The van der Waals surface area contributed by atoms with Crippen LogP contribution in [-0.4, -0.2) is 36.1 Å². The Morgan fingerprint density at radius 3 is 2.67 bits per heavy atom. The van der Waals surface area contributed by atoms with Gasteiger partial charge in [0.05, 0.1) is 13.2 Å². The lowest BCUT2D eigenvalue weighted by Crippen LogP contribution is -2.39. The summed E-state index contributed by atoms with van der Waals surface area (Å²) < 4.78 is 12.9. The minimum absolute atomic E-state index is 0.283. The minimum atomic E-state index is -0.287. The molecule has 1 aromatic rings. The van der Waals surface area contributed by atoms with Crippen LogP contribution in [0.15, 0.2) is 21.9 Å². The van der Waals surface area contributed by atoms with E-state index in [-0.39, 0.29) is 17.8 Å². The van der Waals surface area contributed by atoms with Gasteiger partial charge < -0.3 is 14.0 Å². The van der Waals surface area contributed by atoms with Gasteiger partial charge in [-0.1, -0.05) is 0 Å². The molecule has 0 aliphatic heterocycles. The zero-order chi connectivity index (χ0) is 13.4. The molecule has 0 aromatic carbocycles. The molecule has 18 heavy (non-hydrogen) atoms. The second-order valence-corrected chi connectivity index (χ2v) is 3.83. The molecule has 0 spiro atoms. The quantitative estimate of drug-likeness (QED) is 0.618. The maximum absolute atomic E-state index is 11.8. The summed E-state index contributed by atoms with van der Waals surface area (Å²) in [6.07, 6.45) is 2.32. The lowest BCUT2D eigenvalue weighted by atomic mass is 10.5. The van der Waals surface area contributed by atoms with Gasteiger partial charge >= 0.3 is 5.69 Å². The van der Waals surface area contributed by atoms with Crippen LogP contribution >= 0.6 is 0 Å². The fraction of sp³-hybridized carbons (Fsp3) is 0.667. The lowest BCUT2D eigenvalue weighted by molar-refractivity contribution is 0.0964. The van der Waals surface area contributed by atoms with Gasteiger partial charge in [0, 0.05) is 39.1 Å². The second-order valence-electron chi connectivity index (χ2n) is 3.83. The predicted octanol–water partition coefficient (Wildman–Crippen LogP) is 0.0830. The van der Waals surface area contributed by atoms with E-state index in [4.69, 9.17) is 9.47 Å². The number of hydrogen-bond donors (Lipinski definition) is 0. The van der Waals surface area contributed by atoms with Gasteiger partial charge in [-0.05, 0) is 13.3 Å². The summed E-state index contributed by atoms with van der Waals surface area (Å²) in [5.74, 6) is 0. The largest absolute Gasteiger partial charge is 0.385 e. The van der Waals surface area contributed by atoms with Crippen LogP contribution in [0.3, 0.4) is 0 Å². The van der Waals surface area contributed by atoms with Crippen molar-refractivity contribution in [2.45, 2.75) is 26.4 Å². The third-order valence-electron chi connectivity index (χ3n) is 2.58. The van der Waals surface area contributed by atoms with E-state index in [1.807, 2.05) is 6.92 Å². The van der Waals surface area contributed by atoms with Crippen molar-refractivity contribution < 1.29 is 9.47 Å². The summed E-state index contributed by atoms with van der Waals surface area (Å²) in [7, 11) is 1.64. The Kier molecular flexibility index (Phi) is 6.38. The lowest BCUT2D eigenvalue weighted by Gasteiger charge is -2.08. The first kappa shape index (κ1) is 14.7. The van der Waals surface area contributed by atoms with E-state index in [1.54, 1.807) is 7.11 Å². The number of nitrogens with zero attached hydrogens (tertiary/aromatic N) is 2. The molecule has 0 unspecified atom stereocenters. The average Bonchev–Trinajstić information content (AvgIpc) is 2.37. The van der Waals surface area contributed by atoms with Crippen LogP contribution in [0.25, 0.3) is 0 Å². The van der Waals surface area contributed by atoms with E-state index in [9.17, 15) is 9.59 Å². The van der Waals surface area contributed by atoms with Crippen LogP contribution in [0.2, 0.25) is 0 Å². The number of hydrogen-bond acceptors (Lipinski definition) is 4. The van der Waals surface area contributed by atoms with E-state index in [1.165, 1.54) is 21.4 Å². The average molecular weight is 256 g/mol. The highest BCUT2D eigenvalue weighted by Gasteiger charge is 2.03. The Bertz CT molecular complexity index is 464. The second kappa shape index (κ2) is 7.84. The number of rotatable bonds is 8. The normalized spacial score (nSPS) is 10.8. The molecule has 0 bridgehead atoms. The highest BCUT2D eigenvalue weighted by Crippen LogP contribution is 1.85. The predicted molar refractivity (Wildman–Crippen MR) is 67.9 cm³/mol. The van der Waals surface area contributed by atoms with E-state index >= 15 is 0 Å². The third-order valence-corrected chi connectivity index (χ3v) is 2.58. The molecule has 0 aliphatic rings. The Labute approximate surface area is 106 Å². The Balaban J connectivity index is 2.52. The maximum Gasteiger partial charge on any atom is 0.331 e. The molecule has 1 rings (SSSR count). The maximum atomic E-state index is 11.8. The van der Waals surface area contributed by atoms with Gasteiger partial charge in [-0.3, -0.25) is 9.36 Å². The van der Waals surface area contributed by atoms with Crippen molar-refractivity contribution in [1.82, 2.24) is 9.13 Å². The monoisotopic (exact) mass is 256 g/mol. The molecular weight excluding hydrogens is 236 g/mol. The van der Waals surface area contributed by atoms with Crippen LogP contribution < -0.4 is 11.2 Å². The van der Waals surface area contributed by atoms with Crippen molar-refractivity contribution in [2.75, 3.05) is 26.9 Å². The number of methoxy groups -OCH3 is 1. The molecule has 0 aliphatic carbocycles. The Morgan fingerprint density at radius 2 is 2.00 bits per heavy atom. The van der Waals surface area contributed by atoms with Gasteiger partial charge in [0.2, 0.25) is 0 Å². The van der Waals surface area contributed by atoms with Gasteiger partial charge in [-0.15, -0.1) is 0 Å². The smallest absolute Gasteiger partial charge is 0.331 e. The van der Waals surface area contributed by atoms with Crippen molar-refractivity contribution in [2.24, 2.45) is 0 Å². The number of aryl methyl sites for hydroxylation is 1. The molecule has 0 saturated heterocycles. The summed E-state index contributed by atoms with van der Waals surface area (Å²) in [6, 6.07) is 1.40. The highest BCUT2D eigenvalue weighted by atomic mass is 16.5. The van der Waals surface area contributed by atoms with Gasteiger partial charge in [-0.2, -0.15) is 0 Å². The highest BCUT2D eigenvalue weighted by molar-refractivity contribution is 4.86. The zero-order valence-electron chi connectivity index (χ0n) is 10.9. The first-order valence-electron chi connectivity index (χ1n) is 6.07. The number of ether oxygens (including phenoxy) is 2. The molecule has 0 amide bonds. The van der Waals surface area contributed by atoms with Crippen molar-refractivity contribution in [3.8, 4) is 0 Å². The molecule has 6 nitrogen and oxygen atoms in total. The van der Waals surface area contributed by atoms with Crippen molar-refractivity contribution in [3.63, 3.8) is 0 Å². The molecule has 1 heterocycles. The fourth-order valence-corrected chi connectivity index (χ4v) is 1.57. The summed E-state index contributed by atoms with van der Waals surface area (Å²) in [5, 5.41) is 0. The van der Waals surface area contributed by atoms with E-state index in [0.29, 0.717) is 26.4 Å². The molecule has 0 atom stereocenters. The standard InChI is InChI=1S/C12H20N2O4/c1-3-13-6-5-11(15)14(12(13)16)7-10-18-9-4-8-17-2/h5-6H,3-4,7-10H2,1-2H3. The van der Waals surface area contributed by atoms with Gasteiger partial charge in [-0.25, -0.2) is 4.79 Å². The molecule has 0 N–H and O–H groups in total. The minimum Gasteiger partial charge on any atom is -0.385 e. The first-order valence-corrected chi connectivity index (χ1v) is 6.07. The molecular formula is C12H20N2O4. The van der Waals surface area contributed by atoms with E-state index < -0.39 is 0 Å². The number of aromatic nitrogens is 2.